The smallest absolute Gasteiger partial charge is 0.190 e. The second-order valence-electron chi connectivity index (χ2n) is 5.72. The average Bonchev–Trinajstić information content (AvgIpc) is 2.63. The van der Waals surface area contributed by atoms with Crippen molar-refractivity contribution in [2.45, 2.75) is 26.2 Å². The molecule has 0 atom stereocenters. The first-order chi connectivity index (χ1) is 11.8. The Morgan fingerprint density at radius 3 is 2.56 bits per heavy atom. The van der Waals surface area contributed by atoms with E-state index in [0.717, 1.165) is 51.5 Å². The van der Waals surface area contributed by atoms with E-state index < -0.39 is 0 Å². The molecule has 2 aromatic carbocycles. The highest BCUT2D eigenvalue weighted by Crippen LogP contribution is 2.18. The van der Waals surface area contributed by atoms with E-state index in [0.29, 0.717) is 0 Å². The van der Waals surface area contributed by atoms with Crippen LogP contribution in [0.5, 0.6) is 0 Å². The summed E-state index contributed by atoms with van der Waals surface area (Å²) in [6.45, 7) is 5.45. The van der Waals surface area contributed by atoms with Gasteiger partial charge in [-0.3, -0.25) is 4.99 Å². The number of unbranched alkanes of at least 4 members (excludes halogenated alkanes) is 1. The standard InChI is InChI=1S/C20H29N3O.HI/c1-3-24-16-7-6-14-22-20(21-2)23-15-13-18-11-8-10-17-9-4-5-12-19(17)18;/h4-5,8-12H,3,6-7,13-16H2,1-2H3,(H2,21,22,23);1H. The van der Waals surface area contributed by atoms with Crippen molar-refractivity contribution >= 4 is 40.7 Å². The number of hydrogen-bond donors (Lipinski definition) is 2. The maximum Gasteiger partial charge on any atom is 0.190 e. The van der Waals surface area contributed by atoms with Gasteiger partial charge in [0, 0.05) is 33.4 Å². The lowest BCUT2D eigenvalue weighted by Gasteiger charge is -2.12. The molecule has 2 rings (SSSR count). The van der Waals surface area contributed by atoms with Gasteiger partial charge in [-0.15, -0.1) is 24.0 Å². The molecule has 0 unspecified atom stereocenters. The van der Waals surface area contributed by atoms with Crippen LogP contribution in [0.25, 0.3) is 10.8 Å². The van der Waals surface area contributed by atoms with Gasteiger partial charge in [-0.2, -0.15) is 0 Å². The normalized spacial score (nSPS) is 11.2. The minimum absolute atomic E-state index is 0. The third-order valence-electron chi connectivity index (χ3n) is 4.00. The Bertz CT molecular complexity index is 640. The van der Waals surface area contributed by atoms with E-state index in [2.05, 4.69) is 58.1 Å². The molecule has 2 aromatic rings. The van der Waals surface area contributed by atoms with Crippen molar-refractivity contribution in [3.05, 3.63) is 48.0 Å². The van der Waals surface area contributed by atoms with Crippen LogP contribution in [0.1, 0.15) is 25.3 Å². The first kappa shape index (κ1) is 21.7. The van der Waals surface area contributed by atoms with Crippen molar-refractivity contribution in [2.75, 3.05) is 33.4 Å². The first-order valence-corrected chi connectivity index (χ1v) is 8.84. The number of hydrogen-bond acceptors (Lipinski definition) is 2. The summed E-state index contributed by atoms with van der Waals surface area (Å²) in [4.78, 5) is 4.28. The van der Waals surface area contributed by atoms with Crippen LogP contribution in [-0.2, 0) is 11.2 Å². The van der Waals surface area contributed by atoms with Crippen LogP contribution in [0.3, 0.4) is 0 Å². The molecule has 5 heteroatoms. The molecule has 0 saturated carbocycles. The van der Waals surface area contributed by atoms with E-state index in [1.54, 1.807) is 0 Å². The fraction of sp³-hybridized carbons (Fsp3) is 0.450. The van der Waals surface area contributed by atoms with E-state index in [9.17, 15) is 0 Å². The third-order valence-corrected chi connectivity index (χ3v) is 4.00. The van der Waals surface area contributed by atoms with Crippen molar-refractivity contribution in [3.8, 4) is 0 Å². The Balaban J connectivity index is 0.00000312. The lowest BCUT2D eigenvalue weighted by Crippen LogP contribution is -2.38. The molecule has 4 nitrogen and oxygen atoms in total. The van der Waals surface area contributed by atoms with Gasteiger partial charge in [-0.1, -0.05) is 42.5 Å². The minimum atomic E-state index is 0. The van der Waals surface area contributed by atoms with Crippen LogP contribution in [0.15, 0.2) is 47.5 Å². The number of rotatable bonds is 9. The maximum absolute atomic E-state index is 5.34. The number of nitrogens with zero attached hydrogens (tertiary/aromatic N) is 1. The lowest BCUT2D eigenvalue weighted by atomic mass is 10.0. The fourth-order valence-electron chi connectivity index (χ4n) is 2.73. The van der Waals surface area contributed by atoms with E-state index in [1.807, 2.05) is 14.0 Å². The Labute approximate surface area is 168 Å². The summed E-state index contributed by atoms with van der Waals surface area (Å²) >= 11 is 0. The quantitative estimate of drug-likeness (QED) is 0.260. The first-order valence-electron chi connectivity index (χ1n) is 8.84. The summed E-state index contributed by atoms with van der Waals surface area (Å²) in [5.41, 5.74) is 1.37. The van der Waals surface area contributed by atoms with E-state index in [1.165, 1.54) is 16.3 Å². The molecule has 138 valence electrons. The summed E-state index contributed by atoms with van der Waals surface area (Å²) in [6.07, 6.45) is 3.14. The Morgan fingerprint density at radius 2 is 1.76 bits per heavy atom. The summed E-state index contributed by atoms with van der Waals surface area (Å²) in [6, 6.07) is 15.0. The maximum atomic E-state index is 5.34. The van der Waals surface area contributed by atoms with Gasteiger partial charge in [-0.05, 0) is 42.5 Å². The molecule has 25 heavy (non-hydrogen) atoms. The molecule has 0 bridgehead atoms. The van der Waals surface area contributed by atoms with Crippen molar-refractivity contribution in [1.82, 2.24) is 10.6 Å². The number of guanidine groups is 1. The summed E-state index contributed by atoms with van der Waals surface area (Å²) in [5, 5.41) is 9.38. The van der Waals surface area contributed by atoms with Crippen molar-refractivity contribution < 1.29 is 4.74 Å². The Kier molecular flexibility index (Phi) is 11.2. The van der Waals surface area contributed by atoms with Crippen LogP contribution in [0, 0.1) is 0 Å². The molecule has 2 N–H and O–H groups in total. The van der Waals surface area contributed by atoms with Gasteiger partial charge in [0.05, 0.1) is 0 Å². The lowest BCUT2D eigenvalue weighted by molar-refractivity contribution is 0.143. The zero-order valence-electron chi connectivity index (χ0n) is 15.3. The van der Waals surface area contributed by atoms with Gasteiger partial charge >= 0.3 is 0 Å². The molecule has 0 amide bonds. The number of aliphatic imine (C=N–C) groups is 1. The summed E-state index contributed by atoms with van der Waals surface area (Å²) in [7, 11) is 1.81. The SMILES string of the molecule is CCOCCCCNC(=NC)NCCc1cccc2ccccc12.I. The third kappa shape index (κ3) is 7.61. The van der Waals surface area contributed by atoms with Crippen LogP contribution in [0.4, 0.5) is 0 Å². The zero-order valence-corrected chi connectivity index (χ0v) is 17.6. The summed E-state index contributed by atoms with van der Waals surface area (Å²) < 4.78 is 5.34. The highest BCUT2D eigenvalue weighted by atomic mass is 127. The van der Waals surface area contributed by atoms with E-state index in [-0.39, 0.29) is 24.0 Å². The highest BCUT2D eigenvalue weighted by Gasteiger charge is 2.01. The van der Waals surface area contributed by atoms with Crippen molar-refractivity contribution in [2.24, 2.45) is 4.99 Å². The number of fused-ring (bicyclic) bond motifs is 1. The molecule has 0 heterocycles. The van der Waals surface area contributed by atoms with Crippen molar-refractivity contribution in [1.29, 1.82) is 0 Å². The number of nitrogens with one attached hydrogen (secondary N) is 2. The Hall–Kier alpha value is -1.34. The average molecular weight is 455 g/mol. The molecule has 0 radical (unpaired) electrons. The van der Waals surface area contributed by atoms with Crippen molar-refractivity contribution in [3.63, 3.8) is 0 Å². The molecule has 0 fully saturated rings. The molecule has 0 aliphatic carbocycles. The molecule has 0 aliphatic heterocycles. The molecular formula is C20H30IN3O. The highest BCUT2D eigenvalue weighted by molar-refractivity contribution is 14.0. The topological polar surface area (TPSA) is 45.6 Å². The number of ether oxygens (including phenoxy) is 1. The number of benzene rings is 2. The molecule has 0 saturated heterocycles. The predicted octanol–water partition coefficient (Wildman–Crippen LogP) is 3.98. The predicted molar refractivity (Wildman–Crippen MR) is 118 cm³/mol. The zero-order chi connectivity index (χ0) is 17.0. The molecular weight excluding hydrogens is 425 g/mol. The van der Waals surface area contributed by atoms with E-state index in [4.69, 9.17) is 4.74 Å². The second kappa shape index (κ2) is 12.9. The number of halogens is 1. The van der Waals surface area contributed by atoms with Gasteiger partial charge in [0.25, 0.3) is 0 Å². The monoisotopic (exact) mass is 455 g/mol. The van der Waals surface area contributed by atoms with E-state index >= 15 is 0 Å². The summed E-state index contributed by atoms with van der Waals surface area (Å²) in [5.74, 6) is 0.867. The van der Waals surface area contributed by atoms with Gasteiger partial charge in [0.15, 0.2) is 5.96 Å². The molecule has 0 spiro atoms. The van der Waals surface area contributed by atoms with Gasteiger partial charge < -0.3 is 15.4 Å². The van der Waals surface area contributed by atoms with Gasteiger partial charge in [-0.25, -0.2) is 0 Å². The van der Waals surface area contributed by atoms with Crippen LogP contribution < -0.4 is 10.6 Å². The fourth-order valence-corrected chi connectivity index (χ4v) is 2.73. The van der Waals surface area contributed by atoms with Crippen LogP contribution >= 0.6 is 24.0 Å². The van der Waals surface area contributed by atoms with Gasteiger partial charge in [0.2, 0.25) is 0 Å². The largest absolute Gasteiger partial charge is 0.382 e. The minimum Gasteiger partial charge on any atom is -0.382 e. The Morgan fingerprint density at radius 1 is 1.00 bits per heavy atom. The van der Waals surface area contributed by atoms with Crippen LogP contribution in [-0.4, -0.2) is 39.3 Å². The molecule has 0 aliphatic rings. The van der Waals surface area contributed by atoms with Gasteiger partial charge in [0.1, 0.15) is 0 Å². The molecule has 0 aromatic heterocycles. The van der Waals surface area contributed by atoms with Crippen LogP contribution in [0.2, 0.25) is 0 Å². The second-order valence-corrected chi connectivity index (χ2v) is 5.72.